The molecule has 1 fully saturated rings. The Morgan fingerprint density at radius 3 is 2.71 bits per heavy atom. The molecule has 0 saturated heterocycles. The lowest BCUT2D eigenvalue weighted by Gasteiger charge is -2.14. The fourth-order valence-corrected chi connectivity index (χ4v) is 2.26. The van der Waals surface area contributed by atoms with Gasteiger partial charge in [0.1, 0.15) is 5.75 Å². The molecule has 0 aliphatic heterocycles. The van der Waals surface area contributed by atoms with Crippen LogP contribution in [0.25, 0.3) is 0 Å². The molecule has 0 amide bonds. The predicted octanol–water partition coefficient (Wildman–Crippen LogP) is 4.42. The normalized spacial score (nSPS) is 17.3. The Bertz CT molecular complexity index is 321. The summed E-state index contributed by atoms with van der Waals surface area (Å²) in [5, 5.41) is 0.723. The summed E-state index contributed by atoms with van der Waals surface area (Å²) in [6.45, 7) is 0. The lowest BCUT2D eigenvalue weighted by Crippen LogP contribution is -2.11. The van der Waals surface area contributed by atoms with Gasteiger partial charge in [-0.25, -0.2) is 0 Å². The minimum Gasteiger partial charge on any atom is -0.489 e. The largest absolute Gasteiger partial charge is 0.489 e. The van der Waals surface area contributed by atoms with Crippen LogP contribution in [0.2, 0.25) is 5.02 Å². The van der Waals surface area contributed by atoms with Crippen LogP contribution in [-0.2, 0) is 0 Å². The summed E-state index contributed by atoms with van der Waals surface area (Å²) in [6.07, 6.45) is 5.27. The third-order valence-electron chi connectivity index (χ3n) is 2.49. The van der Waals surface area contributed by atoms with Crippen molar-refractivity contribution < 1.29 is 4.74 Å². The Hall–Kier alpha value is -0.210. The van der Waals surface area contributed by atoms with Gasteiger partial charge >= 0.3 is 0 Å². The van der Waals surface area contributed by atoms with Crippen molar-refractivity contribution in [2.45, 2.75) is 31.8 Å². The molecule has 1 aliphatic rings. The van der Waals surface area contributed by atoms with E-state index < -0.39 is 0 Å². The van der Waals surface area contributed by atoms with Crippen molar-refractivity contribution >= 4 is 27.5 Å². The molecule has 1 nitrogen and oxygen atoms in total. The maximum Gasteiger partial charge on any atom is 0.135 e. The molecule has 1 aliphatic carbocycles. The van der Waals surface area contributed by atoms with E-state index in [9.17, 15) is 0 Å². The molecule has 76 valence electrons. The van der Waals surface area contributed by atoms with Gasteiger partial charge in [0, 0.05) is 5.02 Å². The third kappa shape index (κ3) is 2.43. The fraction of sp³-hybridized carbons (Fsp3) is 0.455. The highest BCUT2D eigenvalue weighted by Gasteiger charge is 2.17. The van der Waals surface area contributed by atoms with E-state index in [2.05, 4.69) is 15.9 Å². The molecular weight excluding hydrogens is 263 g/mol. The van der Waals surface area contributed by atoms with Crippen LogP contribution in [0.3, 0.4) is 0 Å². The molecule has 1 aromatic carbocycles. The summed E-state index contributed by atoms with van der Waals surface area (Å²) < 4.78 is 6.84. The Labute approximate surface area is 97.5 Å². The van der Waals surface area contributed by atoms with Gasteiger partial charge < -0.3 is 4.74 Å². The quantitative estimate of drug-likeness (QED) is 0.776. The van der Waals surface area contributed by atoms with Gasteiger partial charge in [-0.05, 0) is 59.8 Å². The average Bonchev–Trinajstić information content (AvgIpc) is 2.64. The van der Waals surface area contributed by atoms with Gasteiger partial charge in [0.2, 0.25) is 0 Å². The van der Waals surface area contributed by atoms with Crippen molar-refractivity contribution in [2.75, 3.05) is 0 Å². The number of hydrogen-bond donors (Lipinski definition) is 0. The highest BCUT2D eigenvalue weighted by atomic mass is 79.9. The van der Waals surface area contributed by atoms with Crippen molar-refractivity contribution in [1.29, 1.82) is 0 Å². The van der Waals surface area contributed by atoms with Gasteiger partial charge in [-0.2, -0.15) is 0 Å². The average molecular weight is 276 g/mol. The van der Waals surface area contributed by atoms with Gasteiger partial charge in [0.25, 0.3) is 0 Å². The first-order valence-corrected chi connectivity index (χ1v) is 6.04. The minimum atomic E-state index is 0.379. The monoisotopic (exact) mass is 274 g/mol. The van der Waals surface area contributed by atoms with Crippen LogP contribution >= 0.6 is 27.5 Å². The van der Waals surface area contributed by atoms with E-state index >= 15 is 0 Å². The standard InChI is InChI=1S/C11H12BrClO/c12-10-6-5-8(13)7-11(10)14-9-3-1-2-4-9/h5-7,9H,1-4H2. The van der Waals surface area contributed by atoms with E-state index in [1.54, 1.807) is 0 Å². The Kier molecular flexibility index (Phi) is 3.34. The lowest BCUT2D eigenvalue weighted by molar-refractivity contribution is 0.208. The maximum absolute atomic E-state index is 5.90. The smallest absolute Gasteiger partial charge is 0.135 e. The second-order valence-electron chi connectivity index (χ2n) is 3.60. The number of ether oxygens (including phenoxy) is 1. The third-order valence-corrected chi connectivity index (χ3v) is 3.38. The van der Waals surface area contributed by atoms with Gasteiger partial charge in [0.05, 0.1) is 10.6 Å². The van der Waals surface area contributed by atoms with E-state index in [-0.39, 0.29) is 0 Å². The summed E-state index contributed by atoms with van der Waals surface area (Å²) in [6, 6.07) is 5.64. The zero-order valence-electron chi connectivity index (χ0n) is 7.80. The summed E-state index contributed by atoms with van der Waals surface area (Å²) >= 11 is 9.36. The molecular formula is C11H12BrClO. The SMILES string of the molecule is Clc1ccc(Br)c(OC2CCCC2)c1. The first-order valence-electron chi connectivity index (χ1n) is 4.87. The van der Waals surface area contributed by atoms with Crippen LogP contribution in [-0.4, -0.2) is 6.10 Å². The summed E-state index contributed by atoms with van der Waals surface area (Å²) in [5.41, 5.74) is 0. The topological polar surface area (TPSA) is 9.23 Å². The van der Waals surface area contributed by atoms with E-state index in [1.165, 1.54) is 25.7 Å². The molecule has 3 heteroatoms. The van der Waals surface area contributed by atoms with Gasteiger partial charge in [0.15, 0.2) is 0 Å². The second kappa shape index (κ2) is 4.54. The first kappa shape index (κ1) is 10.3. The molecule has 1 saturated carbocycles. The molecule has 14 heavy (non-hydrogen) atoms. The highest BCUT2D eigenvalue weighted by Crippen LogP contribution is 2.31. The van der Waals surface area contributed by atoms with Crippen LogP contribution in [0.5, 0.6) is 5.75 Å². The molecule has 0 unspecified atom stereocenters. The number of benzene rings is 1. The Morgan fingerprint density at radius 2 is 2.00 bits per heavy atom. The summed E-state index contributed by atoms with van der Waals surface area (Å²) in [5.74, 6) is 0.865. The van der Waals surface area contributed by atoms with Crippen LogP contribution in [0.1, 0.15) is 25.7 Å². The van der Waals surface area contributed by atoms with Crippen molar-refractivity contribution in [3.8, 4) is 5.75 Å². The van der Waals surface area contributed by atoms with Crippen molar-refractivity contribution in [2.24, 2.45) is 0 Å². The number of rotatable bonds is 2. The van der Waals surface area contributed by atoms with Crippen LogP contribution in [0, 0.1) is 0 Å². The van der Waals surface area contributed by atoms with Crippen molar-refractivity contribution in [3.05, 3.63) is 27.7 Å². The van der Waals surface area contributed by atoms with E-state index in [4.69, 9.17) is 16.3 Å². The van der Waals surface area contributed by atoms with E-state index in [1.807, 2.05) is 18.2 Å². The van der Waals surface area contributed by atoms with Crippen LogP contribution < -0.4 is 4.74 Å². The number of hydrogen-bond acceptors (Lipinski definition) is 1. The lowest BCUT2D eigenvalue weighted by atomic mass is 10.3. The van der Waals surface area contributed by atoms with Crippen LogP contribution in [0.15, 0.2) is 22.7 Å². The molecule has 0 heterocycles. The maximum atomic E-state index is 5.90. The molecule has 1 aromatic rings. The Balaban J connectivity index is 2.10. The number of halogens is 2. The van der Waals surface area contributed by atoms with Gasteiger partial charge in [-0.3, -0.25) is 0 Å². The Morgan fingerprint density at radius 1 is 1.29 bits per heavy atom. The molecule has 0 aromatic heterocycles. The van der Waals surface area contributed by atoms with Gasteiger partial charge in [-0.1, -0.05) is 11.6 Å². The molecule has 0 N–H and O–H groups in total. The highest BCUT2D eigenvalue weighted by molar-refractivity contribution is 9.10. The zero-order valence-corrected chi connectivity index (χ0v) is 10.1. The summed E-state index contributed by atoms with van der Waals surface area (Å²) in [7, 11) is 0. The molecule has 0 spiro atoms. The van der Waals surface area contributed by atoms with Crippen LogP contribution in [0.4, 0.5) is 0 Å². The van der Waals surface area contributed by atoms with Crippen molar-refractivity contribution in [1.82, 2.24) is 0 Å². The van der Waals surface area contributed by atoms with E-state index in [0.29, 0.717) is 6.10 Å². The summed E-state index contributed by atoms with van der Waals surface area (Å²) in [4.78, 5) is 0. The second-order valence-corrected chi connectivity index (χ2v) is 4.89. The molecule has 2 rings (SSSR count). The molecule has 0 atom stereocenters. The van der Waals surface area contributed by atoms with Gasteiger partial charge in [-0.15, -0.1) is 0 Å². The fourth-order valence-electron chi connectivity index (χ4n) is 1.75. The van der Waals surface area contributed by atoms with Crippen molar-refractivity contribution in [3.63, 3.8) is 0 Å². The molecule has 0 radical (unpaired) electrons. The zero-order chi connectivity index (χ0) is 9.97. The molecule has 0 bridgehead atoms. The predicted molar refractivity (Wildman–Crippen MR) is 62.0 cm³/mol. The minimum absolute atomic E-state index is 0.379. The van der Waals surface area contributed by atoms with E-state index in [0.717, 1.165) is 15.2 Å². The first-order chi connectivity index (χ1) is 6.75.